The van der Waals surface area contributed by atoms with Crippen LogP contribution in [-0.4, -0.2) is 16.7 Å². The average molecular weight is 238 g/mol. The lowest BCUT2D eigenvalue weighted by atomic mass is 10.2. The maximum atomic E-state index is 11.6. The molecule has 0 aliphatic rings. The van der Waals surface area contributed by atoms with E-state index in [1.807, 2.05) is 6.92 Å². The first kappa shape index (κ1) is 13.3. The summed E-state index contributed by atoms with van der Waals surface area (Å²) in [5, 5.41) is 2.54. The first-order valence-electron chi connectivity index (χ1n) is 5.54. The van der Waals surface area contributed by atoms with Crippen molar-refractivity contribution >= 4 is 11.9 Å². The van der Waals surface area contributed by atoms with Crippen molar-refractivity contribution in [2.75, 3.05) is 5.32 Å². The number of carbonyl (C=O) groups is 1. The largest absolute Gasteiger partial charge is 0.444 e. The molecule has 1 aromatic rings. The van der Waals surface area contributed by atoms with Gasteiger partial charge in [0.15, 0.2) is 5.43 Å². The molecule has 0 saturated carbocycles. The lowest BCUT2D eigenvalue weighted by Crippen LogP contribution is -2.28. The molecule has 0 aliphatic heterocycles. The highest BCUT2D eigenvalue weighted by Crippen LogP contribution is 2.11. The van der Waals surface area contributed by atoms with E-state index in [0.717, 1.165) is 0 Å². The summed E-state index contributed by atoms with van der Waals surface area (Å²) >= 11 is 0. The van der Waals surface area contributed by atoms with Gasteiger partial charge in [-0.2, -0.15) is 0 Å². The van der Waals surface area contributed by atoms with E-state index in [4.69, 9.17) is 4.74 Å². The Bertz CT molecular complexity index is 458. The second-order valence-electron chi connectivity index (χ2n) is 4.68. The molecule has 1 amide bonds. The van der Waals surface area contributed by atoms with Crippen LogP contribution in [0.2, 0.25) is 0 Å². The van der Waals surface area contributed by atoms with E-state index in [0.29, 0.717) is 17.8 Å². The van der Waals surface area contributed by atoms with Crippen LogP contribution in [-0.2, 0) is 11.2 Å². The van der Waals surface area contributed by atoms with Crippen molar-refractivity contribution in [3.05, 3.63) is 28.0 Å². The average Bonchev–Trinajstić information content (AvgIpc) is 2.14. The van der Waals surface area contributed by atoms with E-state index in [-0.39, 0.29) is 5.43 Å². The molecule has 0 radical (unpaired) electrons. The molecule has 1 aromatic heterocycles. The summed E-state index contributed by atoms with van der Waals surface area (Å²) < 4.78 is 5.11. The summed E-state index contributed by atoms with van der Waals surface area (Å²) in [6.45, 7) is 7.19. The van der Waals surface area contributed by atoms with Crippen LogP contribution in [0, 0.1) is 0 Å². The highest BCUT2D eigenvalue weighted by atomic mass is 16.6. The molecule has 0 atom stereocenters. The molecule has 5 heteroatoms. The van der Waals surface area contributed by atoms with E-state index < -0.39 is 11.7 Å². The van der Waals surface area contributed by atoms with Gasteiger partial charge in [0.2, 0.25) is 0 Å². The lowest BCUT2D eigenvalue weighted by molar-refractivity contribution is 0.0635. The molecule has 2 N–H and O–H groups in total. The quantitative estimate of drug-likeness (QED) is 0.830. The van der Waals surface area contributed by atoms with Gasteiger partial charge in [0, 0.05) is 17.8 Å². The number of hydrogen-bond acceptors (Lipinski definition) is 3. The molecule has 0 bridgehead atoms. The summed E-state index contributed by atoms with van der Waals surface area (Å²) in [7, 11) is 0. The van der Waals surface area contributed by atoms with Crippen LogP contribution >= 0.6 is 0 Å². The van der Waals surface area contributed by atoms with Crippen LogP contribution < -0.4 is 10.7 Å². The zero-order chi connectivity index (χ0) is 13.1. The van der Waals surface area contributed by atoms with Gasteiger partial charge >= 0.3 is 6.09 Å². The summed E-state index contributed by atoms with van der Waals surface area (Å²) in [5.41, 5.74) is -0.124. The van der Waals surface area contributed by atoms with Crippen molar-refractivity contribution in [2.45, 2.75) is 39.7 Å². The van der Waals surface area contributed by atoms with Crippen molar-refractivity contribution in [2.24, 2.45) is 0 Å². The molecule has 0 saturated heterocycles. The summed E-state index contributed by atoms with van der Waals surface area (Å²) in [4.78, 5) is 25.9. The number of hydrogen-bond donors (Lipinski definition) is 2. The fraction of sp³-hybridized carbons (Fsp3) is 0.500. The van der Waals surface area contributed by atoms with E-state index >= 15 is 0 Å². The fourth-order valence-corrected chi connectivity index (χ4v) is 1.38. The Morgan fingerprint density at radius 1 is 1.47 bits per heavy atom. The second-order valence-corrected chi connectivity index (χ2v) is 4.68. The van der Waals surface area contributed by atoms with Gasteiger partial charge in [0.1, 0.15) is 11.4 Å². The predicted molar refractivity (Wildman–Crippen MR) is 66.3 cm³/mol. The van der Waals surface area contributed by atoms with Gasteiger partial charge in [0.25, 0.3) is 0 Å². The van der Waals surface area contributed by atoms with Crippen LogP contribution in [0.15, 0.2) is 17.1 Å². The first-order chi connectivity index (χ1) is 7.83. The van der Waals surface area contributed by atoms with Gasteiger partial charge in [-0.05, 0) is 27.2 Å². The number of nitrogens with one attached hydrogen (secondary N) is 2. The van der Waals surface area contributed by atoms with Gasteiger partial charge in [-0.15, -0.1) is 0 Å². The Morgan fingerprint density at radius 3 is 2.65 bits per heavy atom. The van der Waals surface area contributed by atoms with Gasteiger partial charge < -0.3 is 9.72 Å². The van der Waals surface area contributed by atoms with Crippen LogP contribution in [0.5, 0.6) is 0 Å². The molecule has 0 unspecified atom stereocenters. The number of H-pyrrole nitrogens is 1. The molecule has 0 fully saturated rings. The molecule has 5 nitrogen and oxygen atoms in total. The Morgan fingerprint density at radius 2 is 2.12 bits per heavy atom. The molecular formula is C12H18N2O3. The van der Waals surface area contributed by atoms with Gasteiger partial charge in [-0.25, -0.2) is 4.79 Å². The van der Waals surface area contributed by atoms with Crippen LogP contribution in [0.25, 0.3) is 0 Å². The highest BCUT2D eigenvalue weighted by Gasteiger charge is 2.17. The van der Waals surface area contributed by atoms with E-state index in [2.05, 4.69) is 10.3 Å². The molecule has 0 spiro atoms. The number of aromatic nitrogens is 1. The van der Waals surface area contributed by atoms with Gasteiger partial charge in [0.05, 0.1) is 0 Å². The third-order valence-electron chi connectivity index (χ3n) is 2.04. The van der Waals surface area contributed by atoms with E-state index in [1.54, 1.807) is 20.8 Å². The predicted octanol–water partition coefficient (Wildman–Crippen LogP) is 2.28. The summed E-state index contributed by atoms with van der Waals surface area (Å²) in [6.07, 6.45) is 1.46. The van der Waals surface area contributed by atoms with Crippen molar-refractivity contribution in [1.29, 1.82) is 0 Å². The molecular weight excluding hydrogens is 220 g/mol. The first-order valence-corrected chi connectivity index (χ1v) is 5.54. The Balaban J connectivity index is 2.86. The molecule has 1 rings (SSSR count). The minimum atomic E-state index is -0.575. The molecule has 0 aromatic carbocycles. The molecule has 17 heavy (non-hydrogen) atoms. The van der Waals surface area contributed by atoms with Crippen molar-refractivity contribution in [3.8, 4) is 0 Å². The number of ether oxygens (including phenoxy) is 1. The van der Waals surface area contributed by atoms with Gasteiger partial charge in [-0.1, -0.05) is 6.92 Å². The van der Waals surface area contributed by atoms with E-state index in [1.165, 1.54) is 12.3 Å². The van der Waals surface area contributed by atoms with Gasteiger partial charge in [-0.3, -0.25) is 10.1 Å². The maximum Gasteiger partial charge on any atom is 0.413 e. The number of aromatic amines is 1. The number of anilines is 1. The Kier molecular flexibility index (Phi) is 3.93. The number of rotatable bonds is 2. The van der Waals surface area contributed by atoms with Crippen molar-refractivity contribution < 1.29 is 9.53 Å². The maximum absolute atomic E-state index is 11.6. The standard InChI is InChI=1S/C12H18N2O3/c1-5-8-9(15)6-7-13-10(8)14-11(16)17-12(2,3)4/h6-7H,5H2,1-4H3,(H2,13,14,15,16). The zero-order valence-electron chi connectivity index (χ0n) is 10.6. The monoisotopic (exact) mass is 238 g/mol. The molecule has 94 valence electrons. The van der Waals surface area contributed by atoms with Crippen LogP contribution in [0.1, 0.15) is 33.3 Å². The number of amides is 1. The number of carbonyl (C=O) groups excluding carboxylic acids is 1. The Hall–Kier alpha value is -1.78. The van der Waals surface area contributed by atoms with Crippen molar-refractivity contribution in [3.63, 3.8) is 0 Å². The van der Waals surface area contributed by atoms with Crippen LogP contribution in [0.3, 0.4) is 0 Å². The SMILES string of the molecule is CCc1c(NC(=O)OC(C)(C)C)[nH]ccc1=O. The fourth-order valence-electron chi connectivity index (χ4n) is 1.38. The van der Waals surface area contributed by atoms with Crippen molar-refractivity contribution in [1.82, 2.24) is 4.98 Å². The summed E-state index contributed by atoms with van der Waals surface area (Å²) in [6, 6.07) is 1.43. The molecule has 1 heterocycles. The summed E-state index contributed by atoms with van der Waals surface area (Å²) in [5.74, 6) is 0.397. The second kappa shape index (κ2) is 5.03. The Labute approximate surface area is 100 Å². The number of pyridine rings is 1. The topological polar surface area (TPSA) is 71.2 Å². The van der Waals surface area contributed by atoms with Crippen LogP contribution in [0.4, 0.5) is 10.6 Å². The zero-order valence-corrected chi connectivity index (χ0v) is 10.6. The molecule has 0 aliphatic carbocycles. The third kappa shape index (κ3) is 3.94. The normalized spacial score (nSPS) is 11.1. The highest BCUT2D eigenvalue weighted by molar-refractivity contribution is 5.84. The smallest absolute Gasteiger partial charge is 0.413 e. The lowest BCUT2D eigenvalue weighted by Gasteiger charge is -2.20. The minimum Gasteiger partial charge on any atom is -0.444 e. The third-order valence-corrected chi connectivity index (χ3v) is 2.04. The minimum absolute atomic E-state index is 0.0997. The van der Waals surface area contributed by atoms with E-state index in [9.17, 15) is 9.59 Å².